The fourth-order valence-corrected chi connectivity index (χ4v) is 4.65. The van der Waals surface area contributed by atoms with Crippen molar-refractivity contribution in [3.63, 3.8) is 0 Å². The van der Waals surface area contributed by atoms with Crippen LogP contribution in [0.2, 0.25) is 0 Å². The highest BCUT2D eigenvalue weighted by molar-refractivity contribution is 5.80. The minimum Gasteiger partial charge on any atom is -0.342 e. The Bertz CT molecular complexity index is 1700. The second-order valence-corrected chi connectivity index (χ2v) is 9.18. The molecule has 1 amide bonds. The normalized spacial score (nSPS) is 15.6. The van der Waals surface area contributed by atoms with Gasteiger partial charge in [-0.05, 0) is 73.0 Å². The van der Waals surface area contributed by atoms with Crippen molar-refractivity contribution in [3.8, 4) is 16.9 Å². The number of hydrogen-bond donors (Lipinski definition) is 2. The van der Waals surface area contributed by atoms with Crippen LogP contribution in [-0.2, 0) is 16.0 Å². The van der Waals surface area contributed by atoms with Gasteiger partial charge in [0.2, 0.25) is 0 Å². The highest BCUT2D eigenvalue weighted by atomic mass is 19.1. The molecule has 11 heteroatoms. The minimum atomic E-state index is -0.846. The van der Waals surface area contributed by atoms with Crippen molar-refractivity contribution in [2.24, 2.45) is 0 Å². The summed E-state index contributed by atoms with van der Waals surface area (Å²) in [5.41, 5.74) is 4.43. The number of rotatable bonds is 6. The molecule has 0 spiro atoms. The number of nitrogens with one attached hydrogen (secondary N) is 2. The van der Waals surface area contributed by atoms with Crippen molar-refractivity contribution in [1.82, 2.24) is 29.9 Å². The molecule has 1 aliphatic heterocycles. The number of nitrogens with zero attached hydrogens (tertiary/aromatic N) is 4. The number of carbonyl (C=O) groups excluding carboxylic acids is 1. The lowest BCUT2D eigenvalue weighted by Gasteiger charge is -2.22. The van der Waals surface area contributed by atoms with Crippen LogP contribution < -0.4 is 5.69 Å². The van der Waals surface area contributed by atoms with Gasteiger partial charge in [-0.15, -0.1) is 10.2 Å². The van der Waals surface area contributed by atoms with E-state index in [1.165, 1.54) is 29.1 Å². The Hall–Kier alpha value is -4.64. The number of benzene rings is 3. The molecule has 38 heavy (non-hydrogen) atoms. The summed E-state index contributed by atoms with van der Waals surface area (Å²) in [6, 6.07) is 15.7. The molecule has 2 N–H and O–H groups in total. The first-order valence-electron chi connectivity index (χ1n) is 12.0. The monoisotopic (exact) mass is 516 g/mol. The lowest BCUT2D eigenvalue weighted by Crippen LogP contribution is -2.31. The largest absolute Gasteiger partial charge is 0.342 e. The second-order valence-electron chi connectivity index (χ2n) is 9.18. The van der Waals surface area contributed by atoms with E-state index in [0.717, 1.165) is 5.56 Å². The number of aromatic amines is 2. The van der Waals surface area contributed by atoms with Crippen LogP contribution in [0.5, 0.6) is 0 Å². The summed E-state index contributed by atoms with van der Waals surface area (Å²) >= 11 is 0. The number of halogens is 2. The Labute approximate surface area is 214 Å². The summed E-state index contributed by atoms with van der Waals surface area (Å²) < 4.78 is 33.7. The molecular formula is C27H22F2N6O3. The Morgan fingerprint density at radius 2 is 1.74 bits per heavy atom. The van der Waals surface area contributed by atoms with E-state index in [0.29, 0.717) is 52.2 Å². The molecule has 5 aromatic rings. The maximum absolute atomic E-state index is 14.2. The predicted molar refractivity (Wildman–Crippen MR) is 134 cm³/mol. The van der Waals surface area contributed by atoms with Crippen LogP contribution in [0.4, 0.5) is 8.78 Å². The van der Waals surface area contributed by atoms with Gasteiger partial charge in [0.05, 0.1) is 16.7 Å². The summed E-state index contributed by atoms with van der Waals surface area (Å²) in [6.07, 6.45) is -0.348. The SMILES string of the molecule is Cc1cc(F)cc(-n2nc(-c3ccc(F)cc3)c([C@@H]3OCC(=O)N3CCc3ccc4[nH]c(=O)[nH]c4c3)n2)c1. The Morgan fingerprint density at radius 3 is 2.53 bits per heavy atom. The molecule has 0 saturated carbocycles. The summed E-state index contributed by atoms with van der Waals surface area (Å²) in [6.45, 7) is 1.95. The van der Waals surface area contributed by atoms with Crippen LogP contribution in [0.25, 0.3) is 28.0 Å². The molecule has 6 rings (SSSR count). The van der Waals surface area contributed by atoms with E-state index in [9.17, 15) is 18.4 Å². The number of H-pyrrole nitrogens is 2. The van der Waals surface area contributed by atoms with Gasteiger partial charge in [-0.25, -0.2) is 13.6 Å². The van der Waals surface area contributed by atoms with Crippen LogP contribution in [0.3, 0.4) is 0 Å². The number of carbonyl (C=O) groups is 1. The van der Waals surface area contributed by atoms with E-state index in [1.54, 1.807) is 30.0 Å². The quantitative estimate of drug-likeness (QED) is 0.357. The van der Waals surface area contributed by atoms with Crippen LogP contribution in [-0.4, -0.2) is 48.9 Å². The maximum atomic E-state index is 14.2. The van der Waals surface area contributed by atoms with E-state index in [4.69, 9.17) is 4.74 Å². The van der Waals surface area contributed by atoms with Gasteiger partial charge >= 0.3 is 5.69 Å². The molecule has 1 fully saturated rings. The molecule has 0 bridgehead atoms. The fourth-order valence-electron chi connectivity index (χ4n) is 4.65. The molecule has 2 aromatic heterocycles. The van der Waals surface area contributed by atoms with Gasteiger partial charge in [0.1, 0.15) is 29.6 Å². The maximum Gasteiger partial charge on any atom is 0.323 e. The van der Waals surface area contributed by atoms with E-state index in [-0.39, 0.29) is 18.2 Å². The summed E-state index contributed by atoms with van der Waals surface area (Å²) in [4.78, 5) is 32.7. The van der Waals surface area contributed by atoms with E-state index >= 15 is 0 Å². The third-order valence-corrected chi connectivity index (χ3v) is 6.44. The van der Waals surface area contributed by atoms with E-state index in [2.05, 4.69) is 20.2 Å². The average molecular weight is 517 g/mol. The molecular weight excluding hydrogens is 494 g/mol. The standard InChI is InChI=1S/C27H22F2N6O3/c1-15-10-19(29)13-20(11-15)35-32-24(17-3-5-18(28)6-4-17)25(33-35)26-34(23(36)14-38-26)9-8-16-2-7-21-22(12-16)31-27(37)30-21/h2-7,10-13,26H,8-9,14H2,1H3,(H2,30,31,37)/t26-/m0/s1. The molecule has 9 nitrogen and oxygen atoms in total. The molecule has 0 radical (unpaired) electrons. The molecule has 3 aromatic carbocycles. The van der Waals surface area contributed by atoms with Crippen LogP contribution >= 0.6 is 0 Å². The highest BCUT2D eigenvalue weighted by Crippen LogP contribution is 2.34. The van der Waals surface area contributed by atoms with Gasteiger partial charge in [-0.2, -0.15) is 4.80 Å². The number of aromatic nitrogens is 5. The lowest BCUT2D eigenvalue weighted by molar-refractivity contribution is -0.128. The first-order valence-corrected chi connectivity index (χ1v) is 12.0. The first kappa shape index (κ1) is 23.7. The van der Waals surface area contributed by atoms with E-state index < -0.39 is 17.9 Å². The van der Waals surface area contributed by atoms with Crippen molar-refractivity contribution in [1.29, 1.82) is 0 Å². The van der Waals surface area contributed by atoms with E-state index in [1.807, 2.05) is 18.2 Å². The summed E-state index contributed by atoms with van der Waals surface area (Å²) in [5, 5.41) is 9.19. The van der Waals surface area contributed by atoms with Gasteiger partial charge < -0.3 is 19.6 Å². The van der Waals surface area contributed by atoms with Crippen molar-refractivity contribution in [3.05, 3.63) is 99.6 Å². The number of amides is 1. The summed E-state index contributed by atoms with van der Waals surface area (Å²) in [5.74, 6) is -1.05. The molecule has 1 atom stereocenters. The zero-order valence-corrected chi connectivity index (χ0v) is 20.2. The molecule has 1 saturated heterocycles. The smallest absolute Gasteiger partial charge is 0.323 e. The van der Waals surface area contributed by atoms with Gasteiger partial charge in [0.15, 0.2) is 6.23 Å². The molecule has 192 valence electrons. The number of aryl methyl sites for hydroxylation is 1. The molecule has 0 aliphatic carbocycles. The van der Waals surface area contributed by atoms with Crippen LogP contribution in [0.1, 0.15) is 23.0 Å². The topological polar surface area (TPSA) is 109 Å². The predicted octanol–water partition coefficient (Wildman–Crippen LogP) is 3.79. The number of imidazole rings is 1. The Kier molecular flexibility index (Phi) is 5.84. The van der Waals surface area contributed by atoms with Crippen molar-refractivity contribution in [2.75, 3.05) is 13.2 Å². The summed E-state index contributed by atoms with van der Waals surface area (Å²) in [7, 11) is 0. The lowest BCUT2D eigenvalue weighted by atomic mass is 10.1. The third kappa shape index (κ3) is 4.48. The van der Waals surface area contributed by atoms with Gasteiger partial charge in [-0.1, -0.05) is 6.07 Å². The van der Waals surface area contributed by atoms with Gasteiger partial charge in [0, 0.05) is 18.2 Å². The number of hydrogen-bond acceptors (Lipinski definition) is 5. The molecule has 0 unspecified atom stereocenters. The Balaban J connectivity index is 1.36. The zero-order chi connectivity index (χ0) is 26.4. The van der Waals surface area contributed by atoms with Crippen LogP contribution in [0, 0.1) is 18.6 Å². The Morgan fingerprint density at radius 1 is 0.947 bits per heavy atom. The minimum absolute atomic E-state index is 0.135. The van der Waals surface area contributed by atoms with Crippen molar-refractivity contribution in [2.45, 2.75) is 19.6 Å². The fraction of sp³-hybridized carbons (Fsp3) is 0.185. The zero-order valence-electron chi connectivity index (χ0n) is 20.2. The average Bonchev–Trinajstić information content (AvgIpc) is 3.58. The molecule has 1 aliphatic rings. The van der Waals surface area contributed by atoms with Crippen molar-refractivity contribution >= 4 is 16.9 Å². The second kappa shape index (κ2) is 9.34. The number of ether oxygens (including phenoxy) is 1. The first-order chi connectivity index (χ1) is 18.3. The van der Waals surface area contributed by atoms with Gasteiger partial charge in [0.25, 0.3) is 5.91 Å². The van der Waals surface area contributed by atoms with Crippen molar-refractivity contribution < 1.29 is 18.3 Å². The third-order valence-electron chi connectivity index (χ3n) is 6.44. The molecule has 3 heterocycles. The highest BCUT2D eigenvalue weighted by Gasteiger charge is 2.37. The van der Waals surface area contributed by atoms with Crippen LogP contribution in [0.15, 0.2) is 65.5 Å². The van der Waals surface area contributed by atoms with Gasteiger partial charge in [-0.3, -0.25) is 4.79 Å². The number of fused-ring (bicyclic) bond motifs is 1.